The van der Waals surface area contributed by atoms with E-state index < -0.39 is 0 Å². The van der Waals surface area contributed by atoms with Crippen LogP contribution in [0.25, 0.3) is 0 Å². The Bertz CT molecular complexity index is 617. The van der Waals surface area contributed by atoms with Gasteiger partial charge in [0.2, 0.25) is 5.91 Å². The third-order valence-corrected chi connectivity index (χ3v) is 5.76. The molecule has 1 amide bonds. The van der Waals surface area contributed by atoms with E-state index in [4.69, 9.17) is 4.74 Å². The number of carbonyl (C=O) groups excluding carboxylic acids is 1. The molecule has 0 aromatic carbocycles. The lowest BCUT2D eigenvalue weighted by molar-refractivity contribution is -0.127. The van der Waals surface area contributed by atoms with Gasteiger partial charge < -0.3 is 9.64 Å². The number of ether oxygens (including phenoxy) is 1. The Hall–Kier alpha value is -1.62. The number of aryl methyl sites for hydroxylation is 1. The fourth-order valence-electron chi connectivity index (χ4n) is 4.26. The highest BCUT2D eigenvalue weighted by atomic mass is 16.5. The van der Waals surface area contributed by atoms with Crippen molar-refractivity contribution >= 4 is 5.91 Å². The van der Waals surface area contributed by atoms with Gasteiger partial charge in [0, 0.05) is 49.4 Å². The number of amides is 1. The minimum atomic E-state index is 0.336. The number of aromatic nitrogens is 1. The predicted octanol–water partition coefficient (Wildman–Crippen LogP) is 3.07. The summed E-state index contributed by atoms with van der Waals surface area (Å²) in [6.45, 7) is 8.00. The minimum Gasteiger partial charge on any atom is -0.496 e. The highest BCUT2D eigenvalue weighted by Gasteiger charge is 2.26. The Kier molecular flexibility index (Phi) is 5.94. The van der Waals surface area contributed by atoms with Gasteiger partial charge in [0.05, 0.1) is 12.8 Å². The molecule has 0 N–H and O–H groups in total. The number of carbonyl (C=O) groups is 1. The number of methoxy groups -OCH3 is 1. The van der Waals surface area contributed by atoms with Crippen molar-refractivity contribution in [3.05, 3.63) is 23.0 Å². The van der Waals surface area contributed by atoms with Crippen LogP contribution >= 0.6 is 0 Å². The molecule has 0 unspecified atom stereocenters. The molecule has 0 saturated carbocycles. The number of hydrogen-bond donors (Lipinski definition) is 0. The zero-order valence-electron chi connectivity index (χ0n) is 15.9. The number of rotatable bonds is 6. The molecule has 2 saturated heterocycles. The maximum Gasteiger partial charge on any atom is 0.222 e. The van der Waals surface area contributed by atoms with Crippen molar-refractivity contribution in [1.82, 2.24) is 14.8 Å². The molecule has 1 atom stereocenters. The molecule has 138 valence electrons. The average molecular weight is 345 g/mol. The highest BCUT2D eigenvalue weighted by Crippen LogP contribution is 2.28. The molecule has 5 heteroatoms. The number of piperidine rings is 1. The second-order valence-electron chi connectivity index (χ2n) is 7.44. The third-order valence-electron chi connectivity index (χ3n) is 5.76. The molecule has 3 rings (SSSR count). The first-order valence-corrected chi connectivity index (χ1v) is 9.61. The lowest BCUT2D eigenvalue weighted by atomic mass is 9.98. The second kappa shape index (κ2) is 8.17. The van der Waals surface area contributed by atoms with Gasteiger partial charge in [-0.1, -0.05) is 6.42 Å². The van der Waals surface area contributed by atoms with E-state index in [-0.39, 0.29) is 0 Å². The van der Waals surface area contributed by atoms with Gasteiger partial charge in [-0.25, -0.2) is 0 Å². The smallest absolute Gasteiger partial charge is 0.222 e. The quantitative estimate of drug-likeness (QED) is 0.795. The minimum absolute atomic E-state index is 0.336. The molecule has 3 heterocycles. The van der Waals surface area contributed by atoms with Crippen LogP contribution in [0.1, 0.15) is 55.3 Å². The van der Waals surface area contributed by atoms with Crippen LogP contribution in [0, 0.1) is 13.8 Å². The first kappa shape index (κ1) is 18.2. The largest absolute Gasteiger partial charge is 0.496 e. The molecule has 2 fully saturated rings. The van der Waals surface area contributed by atoms with Gasteiger partial charge in [0.25, 0.3) is 0 Å². The topological polar surface area (TPSA) is 45.7 Å². The molecule has 0 spiro atoms. The molecule has 25 heavy (non-hydrogen) atoms. The summed E-state index contributed by atoms with van der Waals surface area (Å²) in [6.07, 6.45) is 8.53. The van der Waals surface area contributed by atoms with Crippen LogP contribution in [0.5, 0.6) is 5.75 Å². The number of pyridine rings is 1. The average Bonchev–Trinajstić information content (AvgIpc) is 3.02. The van der Waals surface area contributed by atoms with E-state index in [1.165, 1.54) is 19.3 Å². The second-order valence-corrected chi connectivity index (χ2v) is 7.44. The summed E-state index contributed by atoms with van der Waals surface area (Å²) in [7, 11) is 1.73. The molecule has 5 nitrogen and oxygen atoms in total. The molecule has 0 aliphatic carbocycles. The van der Waals surface area contributed by atoms with Crippen molar-refractivity contribution < 1.29 is 9.53 Å². The zero-order valence-corrected chi connectivity index (χ0v) is 15.9. The van der Waals surface area contributed by atoms with E-state index >= 15 is 0 Å². The lowest BCUT2D eigenvalue weighted by Gasteiger charge is -2.36. The summed E-state index contributed by atoms with van der Waals surface area (Å²) in [6, 6.07) is 0.552. The van der Waals surface area contributed by atoms with Crippen molar-refractivity contribution in [1.29, 1.82) is 0 Å². The van der Waals surface area contributed by atoms with Crippen molar-refractivity contribution in [2.75, 3.05) is 26.7 Å². The van der Waals surface area contributed by atoms with E-state index in [1.54, 1.807) is 7.11 Å². The standard InChI is InChI=1S/C20H31N3O2/c1-15-13-21-18(16(2)20(15)25-3)14-23-10-5-4-7-17(23)9-12-22-11-6-8-19(22)24/h13,17H,4-12,14H2,1-3H3/t17-/m1/s1. The highest BCUT2D eigenvalue weighted by molar-refractivity contribution is 5.78. The van der Waals surface area contributed by atoms with E-state index in [2.05, 4.69) is 16.8 Å². The number of nitrogens with zero attached hydrogens (tertiary/aromatic N) is 3. The van der Waals surface area contributed by atoms with Gasteiger partial charge >= 0.3 is 0 Å². The van der Waals surface area contributed by atoms with Crippen LogP contribution in [-0.4, -0.2) is 53.5 Å². The maximum atomic E-state index is 11.9. The van der Waals surface area contributed by atoms with Crippen LogP contribution in [-0.2, 0) is 11.3 Å². The fraction of sp³-hybridized carbons (Fsp3) is 0.700. The van der Waals surface area contributed by atoms with Crippen LogP contribution in [0.4, 0.5) is 0 Å². The summed E-state index contributed by atoms with van der Waals surface area (Å²) in [5.41, 5.74) is 3.36. The Morgan fingerprint density at radius 2 is 2.08 bits per heavy atom. The molecular weight excluding hydrogens is 314 g/mol. The van der Waals surface area contributed by atoms with Gasteiger partial charge in [0.15, 0.2) is 0 Å². The predicted molar refractivity (Wildman–Crippen MR) is 98.7 cm³/mol. The third kappa shape index (κ3) is 4.14. The van der Waals surface area contributed by atoms with E-state index in [0.717, 1.165) is 68.0 Å². The first-order chi connectivity index (χ1) is 12.1. The molecule has 0 radical (unpaired) electrons. The Morgan fingerprint density at radius 3 is 2.80 bits per heavy atom. The lowest BCUT2D eigenvalue weighted by Crippen LogP contribution is -2.41. The molecular formula is C20H31N3O2. The Balaban J connectivity index is 1.66. The van der Waals surface area contributed by atoms with Gasteiger partial charge in [-0.2, -0.15) is 0 Å². The normalized spacial score (nSPS) is 21.8. The van der Waals surface area contributed by atoms with Gasteiger partial charge in [-0.15, -0.1) is 0 Å². The summed E-state index contributed by atoms with van der Waals surface area (Å²) in [4.78, 5) is 21.1. The summed E-state index contributed by atoms with van der Waals surface area (Å²) in [5, 5.41) is 0. The Morgan fingerprint density at radius 1 is 1.24 bits per heavy atom. The monoisotopic (exact) mass is 345 g/mol. The molecule has 1 aromatic heterocycles. The van der Waals surface area contributed by atoms with Crippen LogP contribution in [0.2, 0.25) is 0 Å². The van der Waals surface area contributed by atoms with Crippen molar-refractivity contribution in [3.8, 4) is 5.75 Å². The van der Waals surface area contributed by atoms with Crippen molar-refractivity contribution in [2.45, 2.75) is 65.0 Å². The van der Waals surface area contributed by atoms with Crippen molar-refractivity contribution in [2.24, 2.45) is 0 Å². The first-order valence-electron chi connectivity index (χ1n) is 9.61. The molecule has 2 aliphatic heterocycles. The maximum absolute atomic E-state index is 11.9. The van der Waals surface area contributed by atoms with Crippen molar-refractivity contribution in [3.63, 3.8) is 0 Å². The molecule has 2 aliphatic rings. The van der Waals surface area contributed by atoms with E-state index in [1.807, 2.05) is 18.0 Å². The summed E-state index contributed by atoms with van der Waals surface area (Å²) >= 11 is 0. The summed E-state index contributed by atoms with van der Waals surface area (Å²) in [5.74, 6) is 1.30. The summed E-state index contributed by atoms with van der Waals surface area (Å²) < 4.78 is 5.56. The van der Waals surface area contributed by atoms with Crippen LogP contribution in [0.15, 0.2) is 6.20 Å². The zero-order chi connectivity index (χ0) is 17.8. The van der Waals surface area contributed by atoms with Gasteiger partial charge in [-0.05, 0) is 46.1 Å². The van der Waals surface area contributed by atoms with E-state index in [9.17, 15) is 4.79 Å². The SMILES string of the molecule is COc1c(C)cnc(CN2CCCC[C@@H]2CCN2CCCC2=O)c1C. The number of likely N-dealkylation sites (tertiary alicyclic amines) is 2. The Labute approximate surface area is 151 Å². The number of hydrogen-bond acceptors (Lipinski definition) is 4. The van der Waals surface area contributed by atoms with Crippen LogP contribution in [0.3, 0.4) is 0 Å². The molecule has 0 bridgehead atoms. The van der Waals surface area contributed by atoms with E-state index in [0.29, 0.717) is 11.9 Å². The fourth-order valence-corrected chi connectivity index (χ4v) is 4.26. The van der Waals surface area contributed by atoms with Gasteiger partial charge in [-0.3, -0.25) is 14.7 Å². The van der Waals surface area contributed by atoms with Gasteiger partial charge in [0.1, 0.15) is 5.75 Å². The molecule has 1 aromatic rings. The van der Waals surface area contributed by atoms with Crippen LogP contribution < -0.4 is 4.74 Å².